The number of pyridine rings is 1. The van der Waals surface area contributed by atoms with E-state index in [0.717, 1.165) is 23.3 Å². The summed E-state index contributed by atoms with van der Waals surface area (Å²) in [6, 6.07) is 7.65. The van der Waals surface area contributed by atoms with Crippen LogP contribution in [0, 0.1) is 6.92 Å². The SMILES string of the molecule is CCCCCCCNc1ccc(O)c2nc(C)ccc12.N. The van der Waals surface area contributed by atoms with Gasteiger partial charge in [-0.05, 0) is 37.6 Å². The summed E-state index contributed by atoms with van der Waals surface area (Å²) in [5, 5.41) is 14.3. The summed E-state index contributed by atoms with van der Waals surface area (Å²) in [4.78, 5) is 4.41. The first-order chi connectivity index (χ1) is 9.72. The number of aromatic nitrogens is 1. The lowest BCUT2D eigenvalue weighted by molar-refractivity contribution is 0.480. The van der Waals surface area contributed by atoms with E-state index in [0.29, 0.717) is 5.52 Å². The van der Waals surface area contributed by atoms with Crippen molar-refractivity contribution in [3.8, 4) is 5.75 Å². The zero-order chi connectivity index (χ0) is 14.4. The minimum absolute atomic E-state index is 0. The van der Waals surface area contributed by atoms with E-state index in [2.05, 4.69) is 17.2 Å². The molecule has 0 amide bonds. The number of nitrogens with one attached hydrogen (secondary N) is 1. The Hall–Kier alpha value is -1.81. The van der Waals surface area contributed by atoms with Gasteiger partial charge in [-0.15, -0.1) is 0 Å². The molecule has 4 nitrogen and oxygen atoms in total. The van der Waals surface area contributed by atoms with Gasteiger partial charge in [-0.3, -0.25) is 0 Å². The molecule has 116 valence electrons. The maximum absolute atomic E-state index is 9.90. The fraction of sp³-hybridized carbons (Fsp3) is 0.471. The number of aromatic hydroxyl groups is 1. The van der Waals surface area contributed by atoms with Crippen LogP contribution < -0.4 is 11.5 Å². The number of hydrogen-bond acceptors (Lipinski definition) is 4. The fourth-order valence-corrected chi connectivity index (χ4v) is 2.41. The van der Waals surface area contributed by atoms with Crippen molar-refractivity contribution in [2.45, 2.75) is 46.0 Å². The van der Waals surface area contributed by atoms with Gasteiger partial charge in [0.25, 0.3) is 0 Å². The van der Waals surface area contributed by atoms with Crippen molar-refractivity contribution < 1.29 is 5.11 Å². The second-order valence-electron chi connectivity index (χ2n) is 5.32. The third-order valence-electron chi connectivity index (χ3n) is 3.57. The minimum atomic E-state index is 0. The molecule has 0 aliphatic rings. The monoisotopic (exact) mass is 289 g/mol. The van der Waals surface area contributed by atoms with Gasteiger partial charge < -0.3 is 16.6 Å². The summed E-state index contributed by atoms with van der Waals surface area (Å²) in [6.45, 7) is 5.14. The highest BCUT2D eigenvalue weighted by atomic mass is 16.3. The van der Waals surface area contributed by atoms with Crippen molar-refractivity contribution in [1.29, 1.82) is 0 Å². The lowest BCUT2D eigenvalue weighted by Gasteiger charge is -2.11. The van der Waals surface area contributed by atoms with Crippen molar-refractivity contribution in [2.75, 3.05) is 11.9 Å². The largest absolute Gasteiger partial charge is 0.506 e. The molecule has 0 aliphatic carbocycles. The number of rotatable bonds is 7. The van der Waals surface area contributed by atoms with Gasteiger partial charge in [0.1, 0.15) is 11.3 Å². The number of anilines is 1. The minimum Gasteiger partial charge on any atom is -0.506 e. The molecule has 4 heteroatoms. The number of phenolic OH excluding ortho intramolecular Hbond substituents is 1. The molecule has 0 bridgehead atoms. The Morgan fingerprint density at radius 2 is 1.81 bits per heavy atom. The van der Waals surface area contributed by atoms with Crippen molar-refractivity contribution in [1.82, 2.24) is 11.1 Å². The molecular formula is C17H27N3O. The topological polar surface area (TPSA) is 80.2 Å². The van der Waals surface area contributed by atoms with E-state index in [-0.39, 0.29) is 11.9 Å². The van der Waals surface area contributed by atoms with Gasteiger partial charge >= 0.3 is 0 Å². The number of hydrogen-bond donors (Lipinski definition) is 3. The molecule has 2 rings (SSSR count). The number of benzene rings is 1. The van der Waals surface area contributed by atoms with Gasteiger partial charge in [0.2, 0.25) is 0 Å². The number of fused-ring (bicyclic) bond motifs is 1. The van der Waals surface area contributed by atoms with Gasteiger partial charge in [0.15, 0.2) is 0 Å². The van der Waals surface area contributed by atoms with Gasteiger partial charge in [0, 0.05) is 23.3 Å². The number of aryl methyl sites for hydroxylation is 1. The van der Waals surface area contributed by atoms with Crippen LogP contribution in [0.25, 0.3) is 10.9 Å². The maximum atomic E-state index is 9.90. The molecule has 0 radical (unpaired) electrons. The third-order valence-corrected chi connectivity index (χ3v) is 3.57. The molecule has 0 saturated carbocycles. The van der Waals surface area contributed by atoms with Crippen LogP contribution >= 0.6 is 0 Å². The Morgan fingerprint density at radius 3 is 2.57 bits per heavy atom. The van der Waals surface area contributed by atoms with Crippen LogP contribution in [-0.4, -0.2) is 16.6 Å². The van der Waals surface area contributed by atoms with Crippen molar-refractivity contribution in [2.24, 2.45) is 0 Å². The van der Waals surface area contributed by atoms with Crippen molar-refractivity contribution in [3.05, 3.63) is 30.0 Å². The highest BCUT2D eigenvalue weighted by Crippen LogP contribution is 2.29. The van der Waals surface area contributed by atoms with Crippen LogP contribution in [-0.2, 0) is 0 Å². The third kappa shape index (κ3) is 4.60. The molecular weight excluding hydrogens is 262 g/mol. The maximum Gasteiger partial charge on any atom is 0.141 e. The van der Waals surface area contributed by atoms with E-state index in [1.807, 2.05) is 25.1 Å². The lowest BCUT2D eigenvalue weighted by atomic mass is 10.1. The van der Waals surface area contributed by atoms with Gasteiger partial charge in [-0.1, -0.05) is 32.6 Å². The summed E-state index contributed by atoms with van der Waals surface area (Å²) in [7, 11) is 0. The molecule has 5 N–H and O–H groups in total. The summed E-state index contributed by atoms with van der Waals surface area (Å²) in [5.74, 6) is 0.247. The molecule has 1 aromatic carbocycles. The van der Waals surface area contributed by atoms with E-state index in [1.54, 1.807) is 6.07 Å². The Kier molecular flexibility index (Phi) is 6.96. The van der Waals surface area contributed by atoms with E-state index in [9.17, 15) is 5.11 Å². The molecule has 0 saturated heterocycles. The van der Waals surface area contributed by atoms with Crippen molar-refractivity contribution in [3.63, 3.8) is 0 Å². The summed E-state index contributed by atoms with van der Waals surface area (Å²) >= 11 is 0. The Morgan fingerprint density at radius 1 is 1.05 bits per heavy atom. The molecule has 2 aromatic rings. The Bertz CT molecular complexity index is 569. The van der Waals surface area contributed by atoms with Crippen LogP contribution in [0.1, 0.15) is 44.7 Å². The molecule has 21 heavy (non-hydrogen) atoms. The second kappa shape index (κ2) is 8.47. The molecule has 0 atom stereocenters. The molecule has 0 spiro atoms. The molecule has 0 aliphatic heterocycles. The Labute approximate surface area is 127 Å². The van der Waals surface area contributed by atoms with Crippen LogP contribution in [0.3, 0.4) is 0 Å². The van der Waals surface area contributed by atoms with Crippen molar-refractivity contribution >= 4 is 16.6 Å². The highest BCUT2D eigenvalue weighted by Gasteiger charge is 2.06. The van der Waals surface area contributed by atoms with Gasteiger partial charge in [0.05, 0.1) is 0 Å². The molecule has 1 heterocycles. The molecule has 0 fully saturated rings. The normalized spacial score (nSPS) is 10.4. The second-order valence-corrected chi connectivity index (χ2v) is 5.32. The lowest BCUT2D eigenvalue weighted by Crippen LogP contribution is -2.02. The van der Waals surface area contributed by atoms with Gasteiger partial charge in [-0.2, -0.15) is 0 Å². The summed E-state index contributed by atoms with van der Waals surface area (Å²) < 4.78 is 0. The quantitative estimate of drug-likeness (QED) is 0.505. The molecule has 1 aromatic heterocycles. The summed E-state index contributed by atoms with van der Waals surface area (Å²) in [6.07, 6.45) is 6.37. The highest BCUT2D eigenvalue weighted by molar-refractivity contribution is 5.95. The average molecular weight is 289 g/mol. The van der Waals surface area contributed by atoms with E-state index in [1.165, 1.54) is 32.1 Å². The van der Waals surface area contributed by atoms with Crippen LogP contribution in [0.15, 0.2) is 24.3 Å². The number of unbranched alkanes of at least 4 members (excludes halogenated alkanes) is 4. The standard InChI is InChI=1S/C17H24N2O.H3N/c1-3-4-5-6-7-12-18-15-10-11-16(20)17-14(15)9-8-13(2)19-17;/h8-11,18,20H,3-7,12H2,1-2H3;1H3. The number of phenols is 1. The smallest absolute Gasteiger partial charge is 0.141 e. The first kappa shape index (κ1) is 17.2. The summed E-state index contributed by atoms with van der Waals surface area (Å²) in [5.41, 5.74) is 2.66. The zero-order valence-corrected chi connectivity index (χ0v) is 13.2. The van der Waals surface area contributed by atoms with E-state index in [4.69, 9.17) is 0 Å². The van der Waals surface area contributed by atoms with Crippen LogP contribution in [0.5, 0.6) is 5.75 Å². The van der Waals surface area contributed by atoms with Gasteiger partial charge in [-0.25, -0.2) is 4.98 Å². The molecule has 0 unspecified atom stereocenters. The zero-order valence-electron chi connectivity index (χ0n) is 13.2. The average Bonchev–Trinajstić information content (AvgIpc) is 2.45. The first-order valence-corrected chi connectivity index (χ1v) is 7.55. The van der Waals surface area contributed by atoms with E-state index >= 15 is 0 Å². The predicted molar refractivity (Wildman–Crippen MR) is 90.4 cm³/mol. The fourth-order valence-electron chi connectivity index (χ4n) is 2.41. The van der Waals surface area contributed by atoms with E-state index < -0.39 is 0 Å². The van der Waals surface area contributed by atoms with Crippen LogP contribution in [0.2, 0.25) is 0 Å². The predicted octanol–water partition coefficient (Wildman–Crippen LogP) is 4.79. The first-order valence-electron chi connectivity index (χ1n) is 7.55. The Balaban J connectivity index is 0.00000220. The van der Waals surface area contributed by atoms with Crippen LogP contribution in [0.4, 0.5) is 5.69 Å². The number of nitrogens with zero attached hydrogens (tertiary/aromatic N) is 1.